The molecular weight excluding hydrogens is 250 g/mol. The molecule has 1 aromatic heterocycles. The van der Waals surface area contributed by atoms with Gasteiger partial charge in [0.05, 0.1) is 5.52 Å². The van der Waals surface area contributed by atoms with Crippen LogP contribution in [0.5, 0.6) is 5.75 Å². The zero-order chi connectivity index (χ0) is 14.4. The molecule has 0 spiro atoms. The second kappa shape index (κ2) is 7.10. The van der Waals surface area contributed by atoms with E-state index >= 15 is 0 Å². The summed E-state index contributed by atoms with van der Waals surface area (Å²) in [4.78, 5) is 4.29. The Bertz CT molecular complexity index is 556. The minimum Gasteiger partial charge on any atom is -0.508 e. The summed E-state index contributed by atoms with van der Waals surface area (Å²) in [6.07, 6.45) is 4.05. The van der Waals surface area contributed by atoms with Gasteiger partial charge in [0, 0.05) is 29.4 Å². The molecular formula is C16H23N3O. The van der Waals surface area contributed by atoms with E-state index in [0.29, 0.717) is 6.04 Å². The minimum absolute atomic E-state index is 0.251. The van der Waals surface area contributed by atoms with Crippen molar-refractivity contribution in [2.75, 3.05) is 18.4 Å². The van der Waals surface area contributed by atoms with Crippen LogP contribution in [-0.4, -0.2) is 29.2 Å². The molecule has 108 valence electrons. The second-order valence-corrected chi connectivity index (χ2v) is 5.10. The quantitative estimate of drug-likeness (QED) is 0.678. The highest BCUT2D eigenvalue weighted by molar-refractivity contribution is 5.91. The number of pyridine rings is 1. The Hall–Kier alpha value is -1.81. The maximum Gasteiger partial charge on any atom is 0.117 e. The standard InChI is InChI=1S/C16H23N3O/c1-3-17-9-4-5-12(2)19-15-8-10-18-16-11-13(20)6-7-14(15)16/h6-8,10-12,17,20H,3-5,9H2,1-2H3,(H,18,19). The Kier molecular flexibility index (Phi) is 5.18. The molecule has 2 aromatic rings. The fourth-order valence-electron chi connectivity index (χ4n) is 2.31. The van der Waals surface area contributed by atoms with Gasteiger partial charge in [0.1, 0.15) is 5.75 Å². The van der Waals surface area contributed by atoms with Gasteiger partial charge in [-0.3, -0.25) is 4.98 Å². The largest absolute Gasteiger partial charge is 0.508 e. The van der Waals surface area contributed by atoms with Crippen molar-refractivity contribution in [2.24, 2.45) is 0 Å². The molecule has 4 nitrogen and oxygen atoms in total. The smallest absolute Gasteiger partial charge is 0.117 e. The van der Waals surface area contributed by atoms with Crippen molar-refractivity contribution in [3.8, 4) is 5.75 Å². The molecule has 0 amide bonds. The van der Waals surface area contributed by atoms with E-state index in [1.165, 1.54) is 0 Å². The molecule has 0 aliphatic heterocycles. The summed E-state index contributed by atoms with van der Waals surface area (Å²) in [6.45, 7) is 6.41. The van der Waals surface area contributed by atoms with Crippen molar-refractivity contribution in [3.63, 3.8) is 0 Å². The number of nitrogens with one attached hydrogen (secondary N) is 2. The lowest BCUT2D eigenvalue weighted by molar-refractivity contribution is 0.476. The molecule has 1 atom stereocenters. The molecule has 1 aromatic carbocycles. The molecule has 2 rings (SSSR count). The highest BCUT2D eigenvalue weighted by Crippen LogP contribution is 2.25. The van der Waals surface area contributed by atoms with Gasteiger partial charge < -0.3 is 15.7 Å². The zero-order valence-corrected chi connectivity index (χ0v) is 12.2. The van der Waals surface area contributed by atoms with Crippen molar-refractivity contribution in [1.82, 2.24) is 10.3 Å². The molecule has 0 radical (unpaired) electrons. The number of aromatic hydroxyl groups is 1. The van der Waals surface area contributed by atoms with E-state index in [2.05, 4.69) is 29.5 Å². The van der Waals surface area contributed by atoms with Crippen LogP contribution in [0.4, 0.5) is 5.69 Å². The SMILES string of the molecule is CCNCCCC(C)Nc1ccnc2cc(O)ccc12. The van der Waals surface area contributed by atoms with Crippen LogP contribution in [0.1, 0.15) is 26.7 Å². The molecule has 0 fully saturated rings. The predicted molar refractivity (Wildman–Crippen MR) is 84.3 cm³/mol. The number of fused-ring (bicyclic) bond motifs is 1. The molecule has 4 heteroatoms. The molecule has 0 saturated heterocycles. The Labute approximate surface area is 120 Å². The number of phenols is 1. The van der Waals surface area contributed by atoms with Crippen LogP contribution >= 0.6 is 0 Å². The maximum atomic E-state index is 9.50. The van der Waals surface area contributed by atoms with Gasteiger partial charge >= 0.3 is 0 Å². The number of aromatic nitrogens is 1. The van der Waals surface area contributed by atoms with E-state index in [1.807, 2.05) is 12.1 Å². The van der Waals surface area contributed by atoms with Gasteiger partial charge in [-0.1, -0.05) is 6.92 Å². The van der Waals surface area contributed by atoms with Gasteiger partial charge in [-0.2, -0.15) is 0 Å². The molecule has 0 aliphatic rings. The summed E-state index contributed by atoms with van der Waals surface area (Å²) in [5.74, 6) is 0.251. The first kappa shape index (κ1) is 14.6. The Morgan fingerprint density at radius 3 is 2.95 bits per heavy atom. The first-order chi connectivity index (χ1) is 9.70. The van der Waals surface area contributed by atoms with E-state index in [-0.39, 0.29) is 5.75 Å². The third-order valence-electron chi connectivity index (χ3n) is 3.37. The van der Waals surface area contributed by atoms with E-state index in [0.717, 1.165) is 42.5 Å². The second-order valence-electron chi connectivity index (χ2n) is 5.10. The van der Waals surface area contributed by atoms with Crippen molar-refractivity contribution in [2.45, 2.75) is 32.7 Å². The minimum atomic E-state index is 0.251. The molecule has 3 N–H and O–H groups in total. The number of anilines is 1. The van der Waals surface area contributed by atoms with Gasteiger partial charge in [-0.25, -0.2) is 0 Å². The van der Waals surface area contributed by atoms with E-state index < -0.39 is 0 Å². The lowest BCUT2D eigenvalue weighted by Gasteiger charge is -2.16. The summed E-state index contributed by atoms with van der Waals surface area (Å²) < 4.78 is 0. The van der Waals surface area contributed by atoms with Crippen LogP contribution in [0.15, 0.2) is 30.5 Å². The molecule has 0 bridgehead atoms. The van der Waals surface area contributed by atoms with Crippen LogP contribution in [0.3, 0.4) is 0 Å². The van der Waals surface area contributed by atoms with Gasteiger partial charge in [0.15, 0.2) is 0 Å². The summed E-state index contributed by atoms with van der Waals surface area (Å²) in [5, 5.41) is 17.4. The topological polar surface area (TPSA) is 57.2 Å². The third-order valence-corrected chi connectivity index (χ3v) is 3.37. The van der Waals surface area contributed by atoms with E-state index in [1.54, 1.807) is 18.3 Å². The van der Waals surface area contributed by atoms with Gasteiger partial charge in [0.25, 0.3) is 0 Å². The van der Waals surface area contributed by atoms with E-state index in [4.69, 9.17) is 0 Å². The monoisotopic (exact) mass is 273 g/mol. The number of nitrogens with zero attached hydrogens (tertiary/aromatic N) is 1. The number of hydrogen-bond acceptors (Lipinski definition) is 4. The number of hydrogen-bond donors (Lipinski definition) is 3. The fourth-order valence-corrected chi connectivity index (χ4v) is 2.31. The van der Waals surface area contributed by atoms with Crippen LogP contribution in [0, 0.1) is 0 Å². The molecule has 1 heterocycles. The van der Waals surface area contributed by atoms with Crippen molar-refractivity contribution in [1.29, 1.82) is 0 Å². The lowest BCUT2D eigenvalue weighted by Crippen LogP contribution is -2.19. The molecule has 20 heavy (non-hydrogen) atoms. The first-order valence-corrected chi connectivity index (χ1v) is 7.25. The number of phenolic OH excluding ortho intramolecular Hbond substituents is 1. The Morgan fingerprint density at radius 2 is 2.15 bits per heavy atom. The first-order valence-electron chi connectivity index (χ1n) is 7.25. The average molecular weight is 273 g/mol. The Balaban J connectivity index is 2.02. The maximum absolute atomic E-state index is 9.50. The molecule has 0 aliphatic carbocycles. The summed E-state index contributed by atoms with van der Waals surface area (Å²) in [5.41, 5.74) is 1.89. The van der Waals surface area contributed by atoms with Gasteiger partial charge in [-0.05, 0) is 51.1 Å². The summed E-state index contributed by atoms with van der Waals surface area (Å²) in [7, 11) is 0. The normalized spacial score (nSPS) is 12.5. The molecule has 0 saturated carbocycles. The lowest BCUT2D eigenvalue weighted by atomic mass is 10.1. The summed E-state index contributed by atoms with van der Waals surface area (Å²) in [6, 6.07) is 7.69. The van der Waals surface area contributed by atoms with E-state index in [9.17, 15) is 5.11 Å². The zero-order valence-electron chi connectivity index (χ0n) is 12.2. The highest BCUT2D eigenvalue weighted by Gasteiger charge is 2.06. The predicted octanol–water partition coefficient (Wildman–Crippen LogP) is 3.13. The van der Waals surface area contributed by atoms with Crippen LogP contribution in [0.2, 0.25) is 0 Å². The summed E-state index contributed by atoms with van der Waals surface area (Å²) >= 11 is 0. The van der Waals surface area contributed by atoms with Crippen LogP contribution in [0.25, 0.3) is 10.9 Å². The Morgan fingerprint density at radius 1 is 1.30 bits per heavy atom. The number of rotatable bonds is 7. The van der Waals surface area contributed by atoms with Crippen molar-refractivity contribution < 1.29 is 5.11 Å². The van der Waals surface area contributed by atoms with Crippen molar-refractivity contribution in [3.05, 3.63) is 30.5 Å². The number of benzene rings is 1. The average Bonchev–Trinajstić information content (AvgIpc) is 2.43. The van der Waals surface area contributed by atoms with Crippen LogP contribution < -0.4 is 10.6 Å². The van der Waals surface area contributed by atoms with Gasteiger partial charge in [0.2, 0.25) is 0 Å². The van der Waals surface area contributed by atoms with Crippen molar-refractivity contribution >= 4 is 16.6 Å². The van der Waals surface area contributed by atoms with Gasteiger partial charge in [-0.15, -0.1) is 0 Å². The van der Waals surface area contributed by atoms with Crippen LogP contribution in [-0.2, 0) is 0 Å². The fraction of sp³-hybridized carbons (Fsp3) is 0.438. The highest BCUT2D eigenvalue weighted by atomic mass is 16.3. The third kappa shape index (κ3) is 3.84. The molecule has 1 unspecified atom stereocenters.